The van der Waals surface area contributed by atoms with Crippen LogP contribution in [0, 0.1) is 0 Å². The molecule has 146 valence electrons. The number of fused-ring (bicyclic) bond motifs is 1. The monoisotopic (exact) mass is 386 g/mol. The minimum absolute atomic E-state index is 0.149. The average Bonchev–Trinajstić information content (AvgIpc) is 3.24. The molecule has 0 aliphatic carbocycles. The fraction of sp³-hybridized carbons (Fsp3) is 0.174. The molecule has 2 aromatic carbocycles. The van der Waals surface area contributed by atoms with E-state index in [4.69, 9.17) is 9.72 Å². The van der Waals surface area contributed by atoms with E-state index in [2.05, 4.69) is 10.4 Å². The number of aromatic nitrogens is 3. The van der Waals surface area contributed by atoms with E-state index < -0.39 is 0 Å². The maximum Gasteiger partial charge on any atom is 0.252 e. The van der Waals surface area contributed by atoms with Gasteiger partial charge in [-0.3, -0.25) is 9.48 Å². The predicted octanol–water partition coefficient (Wildman–Crippen LogP) is 4.06. The third-order valence-electron chi connectivity index (χ3n) is 4.81. The van der Waals surface area contributed by atoms with Gasteiger partial charge in [-0.2, -0.15) is 5.10 Å². The van der Waals surface area contributed by atoms with E-state index in [0.29, 0.717) is 23.6 Å². The maximum absolute atomic E-state index is 13.0. The van der Waals surface area contributed by atoms with Gasteiger partial charge in [-0.15, -0.1) is 0 Å². The predicted molar refractivity (Wildman–Crippen MR) is 113 cm³/mol. The highest BCUT2D eigenvalue weighted by atomic mass is 16.5. The molecule has 0 atom stereocenters. The highest BCUT2D eigenvalue weighted by molar-refractivity contribution is 6.07. The van der Waals surface area contributed by atoms with Gasteiger partial charge >= 0.3 is 0 Å². The van der Waals surface area contributed by atoms with E-state index in [9.17, 15) is 4.79 Å². The normalized spacial score (nSPS) is 10.8. The fourth-order valence-electron chi connectivity index (χ4n) is 3.31. The smallest absolute Gasteiger partial charge is 0.252 e. The largest absolute Gasteiger partial charge is 0.496 e. The second-order valence-electron chi connectivity index (χ2n) is 6.66. The zero-order chi connectivity index (χ0) is 20.2. The van der Waals surface area contributed by atoms with Gasteiger partial charge in [0.25, 0.3) is 5.91 Å². The summed E-state index contributed by atoms with van der Waals surface area (Å²) in [5.74, 6) is 0.567. The number of para-hydroxylation sites is 2. The summed E-state index contributed by atoms with van der Waals surface area (Å²) in [5, 5.41) is 8.06. The lowest BCUT2D eigenvalue weighted by molar-refractivity contribution is 0.0952. The highest BCUT2D eigenvalue weighted by Crippen LogP contribution is 2.31. The number of hydrogen-bond donors (Lipinski definition) is 1. The molecule has 0 radical (unpaired) electrons. The quantitative estimate of drug-likeness (QED) is 0.543. The van der Waals surface area contributed by atoms with Crippen molar-refractivity contribution in [2.24, 2.45) is 0 Å². The third kappa shape index (κ3) is 3.82. The van der Waals surface area contributed by atoms with Crippen molar-refractivity contribution < 1.29 is 9.53 Å². The van der Waals surface area contributed by atoms with Crippen LogP contribution in [0.4, 0.5) is 0 Å². The van der Waals surface area contributed by atoms with Gasteiger partial charge in [0.2, 0.25) is 0 Å². The molecule has 1 amide bonds. The zero-order valence-electron chi connectivity index (χ0n) is 16.4. The Morgan fingerprint density at radius 1 is 1.14 bits per heavy atom. The Balaban J connectivity index is 1.71. The molecule has 0 unspecified atom stereocenters. The van der Waals surface area contributed by atoms with Gasteiger partial charge in [0.15, 0.2) is 0 Å². The summed E-state index contributed by atoms with van der Waals surface area (Å²) >= 11 is 0. The number of nitrogens with one attached hydrogen (secondary N) is 1. The first kappa shape index (κ1) is 18.7. The first-order valence-corrected chi connectivity index (χ1v) is 9.52. The van der Waals surface area contributed by atoms with Crippen LogP contribution in [0.2, 0.25) is 0 Å². The molecular weight excluding hydrogens is 364 g/mol. The standard InChI is InChI=1S/C23H22N4O2/c1-3-27-15-16(14-25-27)13-24-23(28)19-12-21(18-9-5-7-11-22(18)29-2)26-20-10-6-4-8-17(19)20/h4-12,14-15H,3,13H2,1-2H3,(H,24,28). The van der Waals surface area contributed by atoms with Crippen LogP contribution in [0.15, 0.2) is 67.0 Å². The van der Waals surface area contributed by atoms with Crippen molar-refractivity contribution in [1.82, 2.24) is 20.1 Å². The number of hydrogen-bond acceptors (Lipinski definition) is 4. The number of ether oxygens (including phenoxy) is 1. The van der Waals surface area contributed by atoms with Crippen LogP contribution in [-0.2, 0) is 13.1 Å². The number of pyridine rings is 1. The Morgan fingerprint density at radius 2 is 1.93 bits per heavy atom. The zero-order valence-corrected chi connectivity index (χ0v) is 16.4. The molecule has 0 saturated carbocycles. The lowest BCUT2D eigenvalue weighted by atomic mass is 10.0. The third-order valence-corrected chi connectivity index (χ3v) is 4.81. The van der Waals surface area contributed by atoms with Crippen LogP contribution in [-0.4, -0.2) is 27.8 Å². The van der Waals surface area contributed by atoms with Crippen molar-refractivity contribution >= 4 is 16.8 Å². The molecule has 2 aromatic heterocycles. The molecule has 0 bridgehead atoms. The summed E-state index contributed by atoms with van der Waals surface area (Å²) in [6.45, 7) is 3.24. The molecule has 2 heterocycles. The van der Waals surface area contributed by atoms with Gasteiger partial charge in [-0.25, -0.2) is 4.98 Å². The summed E-state index contributed by atoms with van der Waals surface area (Å²) in [6.07, 6.45) is 3.71. The second kappa shape index (κ2) is 8.14. The van der Waals surface area contributed by atoms with Crippen LogP contribution in [0.1, 0.15) is 22.8 Å². The SMILES string of the molecule is CCn1cc(CNC(=O)c2cc(-c3ccccc3OC)nc3ccccc23)cn1. The van der Waals surface area contributed by atoms with Gasteiger partial charge in [-0.05, 0) is 31.2 Å². The van der Waals surface area contributed by atoms with Crippen molar-refractivity contribution in [1.29, 1.82) is 0 Å². The van der Waals surface area contributed by atoms with Crippen LogP contribution in [0.5, 0.6) is 5.75 Å². The molecule has 6 heteroatoms. The number of aryl methyl sites for hydroxylation is 1. The number of methoxy groups -OCH3 is 1. The first-order valence-electron chi connectivity index (χ1n) is 9.52. The Hall–Kier alpha value is -3.67. The highest BCUT2D eigenvalue weighted by Gasteiger charge is 2.15. The van der Waals surface area contributed by atoms with Gasteiger partial charge in [0, 0.05) is 35.8 Å². The topological polar surface area (TPSA) is 69.0 Å². The molecule has 29 heavy (non-hydrogen) atoms. The number of benzene rings is 2. The fourth-order valence-corrected chi connectivity index (χ4v) is 3.31. The molecule has 0 fully saturated rings. The summed E-state index contributed by atoms with van der Waals surface area (Å²) in [6, 6.07) is 17.2. The number of nitrogens with zero attached hydrogens (tertiary/aromatic N) is 3. The van der Waals surface area contributed by atoms with E-state index in [0.717, 1.165) is 28.6 Å². The second-order valence-corrected chi connectivity index (χ2v) is 6.66. The minimum atomic E-state index is -0.149. The summed E-state index contributed by atoms with van der Waals surface area (Å²) in [7, 11) is 1.63. The molecule has 6 nitrogen and oxygen atoms in total. The number of carbonyl (C=O) groups excluding carboxylic acids is 1. The van der Waals surface area contributed by atoms with Crippen molar-refractivity contribution in [2.75, 3.05) is 7.11 Å². The van der Waals surface area contributed by atoms with Crippen LogP contribution in [0.3, 0.4) is 0 Å². The van der Waals surface area contributed by atoms with Gasteiger partial charge in [0.1, 0.15) is 5.75 Å². The molecule has 0 aliphatic rings. The first-order chi connectivity index (χ1) is 14.2. The Bertz CT molecular complexity index is 1170. The molecular formula is C23H22N4O2. The molecule has 0 aliphatic heterocycles. The summed E-state index contributed by atoms with van der Waals surface area (Å²) < 4.78 is 7.32. The maximum atomic E-state index is 13.0. The Morgan fingerprint density at radius 3 is 2.72 bits per heavy atom. The van der Waals surface area contributed by atoms with Crippen molar-refractivity contribution in [2.45, 2.75) is 20.0 Å². The van der Waals surface area contributed by atoms with Crippen molar-refractivity contribution in [3.05, 3.63) is 78.1 Å². The van der Waals surface area contributed by atoms with Crippen LogP contribution >= 0.6 is 0 Å². The Kier molecular flexibility index (Phi) is 5.24. The molecule has 0 spiro atoms. The van der Waals surface area contributed by atoms with Crippen molar-refractivity contribution in [3.63, 3.8) is 0 Å². The molecule has 0 saturated heterocycles. The number of amides is 1. The van der Waals surface area contributed by atoms with Crippen molar-refractivity contribution in [3.8, 4) is 17.0 Å². The Labute approximate surface area is 169 Å². The number of rotatable bonds is 6. The van der Waals surface area contributed by atoms with Gasteiger partial charge in [-0.1, -0.05) is 30.3 Å². The van der Waals surface area contributed by atoms with E-state index >= 15 is 0 Å². The van der Waals surface area contributed by atoms with E-state index in [1.54, 1.807) is 13.3 Å². The van der Waals surface area contributed by atoms with E-state index in [1.807, 2.05) is 72.4 Å². The molecule has 4 rings (SSSR count). The van der Waals surface area contributed by atoms with Crippen LogP contribution < -0.4 is 10.1 Å². The van der Waals surface area contributed by atoms with Crippen LogP contribution in [0.25, 0.3) is 22.2 Å². The summed E-state index contributed by atoms with van der Waals surface area (Å²) in [5.41, 5.74) is 3.85. The van der Waals surface area contributed by atoms with E-state index in [-0.39, 0.29) is 5.91 Å². The number of carbonyl (C=O) groups is 1. The lowest BCUT2D eigenvalue weighted by Gasteiger charge is -2.12. The average molecular weight is 386 g/mol. The van der Waals surface area contributed by atoms with E-state index in [1.165, 1.54) is 0 Å². The minimum Gasteiger partial charge on any atom is -0.496 e. The van der Waals surface area contributed by atoms with Gasteiger partial charge in [0.05, 0.1) is 30.1 Å². The lowest BCUT2D eigenvalue weighted by Crippen LogP contribution is -2.23. The molecule has 4 aromatic rings. The summed E-state index contributed by atoms with van der Waals surface area (Å²) in [4.78, 5) is 17.8. The molecule has 1 N–H and O–H groups in total. The van der Waals surface area contributed by atoms with Gasteiger partial charge < -0.3 is 10.1 Å².